The highest BCUT2D eigenvalue weighted by atomic mass is 16.5. The Balaban J connectivity index is 2.37. The molecule has 94 valence electrons. The van der Waals surface area contributed by atoms with Gasteiger partial charge in [0, 0.05) is 12.5 Å². The van der Waals surface area contributed by atoms with Crippen molar-refractivity contribution in [2.24, 2.45) is 0 Å². The van der Waals surface area contributed by atoms with E-state index in [4.69, 9.17) is 4.74 Å². The maximum Gasteiger partial charge on any atom is 0.311 e. The molecule has 3 nitrogen and oxygen atoms in total. The normalized spacial score (nSPS) is 10.2. The van der Waals surface area contributed by atoms with E-state index in [2.05, 4.69) is 6.92 Å². The number of phenolic OH excluding ortho intramolecular Hbond substituents is 1. The molecule has 0 amide bonds. The van der Waals surface area contributed by atoms with E-state index in [9.17, 15) is 9.90 Å². The number of aromatic hydroxyl groups is 1. The minimum atomic E-state index is -0.232. The van der Waals surface area contributed by atoms with Gasteiger partial charge in [0.15, 0.2) is 0 Å². The van der Waals surface area contributed by atoms with Crippen LogP contribution in [-0.4, -0.2) is 11.1 Å². The molecular weight excluding hydrogens is 216 g/mol. The number of unbranched alkanes of at least 4 members (excludes halogenated alkanes) is 3. The molecule has 0 saturated carbocycles. The zero-order valence-electron chi connectivity index (χ0n) is 10.5. The highest BCUT2D eigenvalue weighted by Gasteiger charge is 2.06. The molecular formula is C14H20O3. The first-order valence-electron chi connectivity index (χ1n) is 6.13. The third-order valence-electron chi connectivity index (χ3n) is 2.65. The van der Waals surface area contributed by atoms with Crippen molar-refractivity contribution in [3.8, 4) is 11.5 Å². The average Bonchev–Trinajstić information content (AvgIpc) is 2.30. The van der Waals surface area contributed by atoms with Crippen molar-refractivity contribution in [1.82, 2.24) is 0 Å². The number of carbonyl (C=O) groups excluding carboxylic acids is 1. The summed E-state index contributed by atoms with van der Waals surface area (Å²) in [6.07, 6.45) is 4.67. The Labute approximate surface area is 102 Å². The Kier molecular flexibility index (Phi) is 5.53. The largest absolute Gasteiger partial charge is 0.508 e. The van der Waals surface area contributed by atoms with Gasteiger partial charge in [0.2, 0.25) is 0 Å². The molecule has 0 heterocycles. The fraction of sp³-hybridized carbons (Fsp3) is 0.500. The third kappa shape index (κ3) is 4.89. The van der Waals surface area contributed by atoms with Crippen molar-refractivity contribution in [2.45, 2.75) is 46.0 Å². The zero-order valence-corrected chi connectivity index (χ0v) is 10.5. The van der Waals surface area contributed by atoms with Crippen LogP contribution in [0.15, 0.2) is 18.2 Å². The van der Waals surface area contributed by atoms with Crippen molar-refractivity contribution >= 4 is 5.97 Å². The van der Waals surface area contributed by atoms with Crippen LogP contribution in [0.2, 0.25) is 0 Å². The number of carbonyl (C=O) groups is 1. The second-order valence-corrected chi connectivity index (χ2v) is 4.23. The van der Waals surface area contributed by atoms with Crippen molar-refractivity contribution in [2.75, 3.05) is 0 Å². The van der Waals surface area contributed by atoms with Gasteiger partial charge in [-0.15, -0.1) is 0 Å². The minimum absolute atomic E-state index is 0.154. The van der Waals surface area contributed by atoms with Gasteiger partial charge in [-0.25, -0.2) is 0 Å². The molecule has 0 aliphatic heterocycles. The summed E-state index contributed by atoms with van der Waals surface area (Å²) in [7, 11) is 0. The van der Waals surface area contributed by atoms with Crippen LogP contribution in [0.1, 0.15) is 44.6 Å². The molecule has 3 heteroatoms. The maximum absolute atomic E-state index is 11.5. The zero-order chi connectivity index (χ0) is 12.7. The highest BCUT2D eigenvalue weighted by molar-refractivity contribution is 5.72. The van der Waals surface area contributed by atoms with Gasteiger partial charge in [0.25, 0.3) is 0 Å². The van der Waals surface area contributed by atoms with E-state index in [0.717, 1.165) is 31.2 Å². The Morgan fingerprint density at radius 3 is 2.71 bits per heavy atom. The molecule has 17 heavy (non-hydrogen) atoms. The standard InChI is InChI=1S/C14H20O3/c1-3-4-5-6-7-14(16)17-12-9-8-11(2)13(15)10-12/h8-10,15H,3-7H2,1-2H3. The van der Waals surface area contributed by atoms with Crippen LogP contribution in [-0.2, 0) is 4.79 Å². The number of rotatable bonds is 6. The highest BCUT2D eigenvalue weighted by Crippen LogP contribution is 2.23. The number of benzene rings is 1. The molecule has 0 bridgehead atoms. The lowest BCUT2D eigenvalue weighted by Gasteiger charge is -2.05. The first-order chi connectivity index (χ1) is 8.13. The molecule has 0 unspecified atom stereocenters. The molecule has 0 aliphatic rings. The number of esters is 1. The van der Waals surface area contributed by atoms with E-state index >= 15 is 0 Å². The number of hydrogen-bond acceptors (Lipinski definition) is 3. The van der Waals surface area contributed by atoms with Gasteiger partial charge < -0.3 is 9.84 Å². The van der Waals surface area contributed by atoms with Crippen LogP contribution in [0.4, 0.5) is 0 Å². The van der Waals surface area contributed by atoms with Crippen LogP contribution in [0.25, 0.3) is 0 Å². The Bertz CT molecular complexity index is 372. The summed E-state index contributed by atoms with van der Waals surface area (Å²) in [5.41, 5.74) is 0.771. The topological polar surface area (TPSA) is 46.5 Å². The van der Waals surface area contributed by atoms with Crippen molar-refractivity contribution in [3.63, 3.8) is 0 Å². The van der Waals surface area contributed by atoms with E-state index in [0.29, 0.717) is 12.2 Å². The average molecular weight is 236 g/mol. The molecule has 0 fully saturated rings. The first-order valence-corrected chi connectivity index (χ1v) is 6.13. The number of aryl methyl sites for hydroxylation is 1. The van der Waals surface area contributed by atoms with E-state index in [1.54, 1.807) is 19.1 Å². The Hall–Kier alpha value is -1.51. The molecule has 1 rings (SSSR count). The van der Waals surface area contributed by atoms with Crippen LogP contribution in [0.5, 0.6) is 11.5 Å². The lowest BCUT2D eigenvalue weighted by atomic mass is 10.1. The SMILES string of the molecule is CCCCCCC(=O)Oc1ccc(C)c(O)c1. The maximum atomic E-state index is 11.5. The smallest absolute Gasteiger partial charge is 0.311 e. The van der Waals surface area contributed by atoms with E-state index in [1.807, 2.05) is 0 Å². The predicted molar refractivity (Wildman–Crippen MR) is 67.2 cm³/mol. The molecule has 1 N–H and O–H groups in total. The van der Waals surface area contributed by atoms with Crippen LogP contribution in [0, 0.1) is 6.92 Å². The predicted octanol–water partition coefficient (Wildman–Crippen LogP) is 3.58. The van der Waals surface area contributed by atoms with Crippen LogP contribution >= 0.6 is 0 Å². The molecule has 1 aromatic rings. The molecule has 0 aromatic heterocycles. The van der Waals surface area contributed by atoms with Gasteiger partial charge in [-0.3, -0.25) is 4.79 Å². The third-order valence-corrected chi connectivity index (χ3v) is 2.65. The van der Waals surface area contributed by atoms with Crippen molar-refractivity contribution in [1.29, 1.82) is 0 Å². The van der Waals surface area contributed by atoms with E-state index < -0.39 is 0 Å². The van der Waals surface area contributed by atoms with Gasteiger partial charge in [0.1, 0.15) is 11.5 Å². The molecule has 0 atom stereocenters. The molecule has 0 radical (unpaired) electrons. The van der Waals surface area contributed by atoms with Gasteiger partial charge >= 0.3 is 5.97 Å². The summed E-state index contributed by atoms with van der Waals surface area (Å²) in [6, 6.07) is 4.90. The Morgan fingerprint density at radius 1 is 1.29 bits per heavy atom. The fourth-order valence-electron chi connectivity index (χ4n) is 1.53. The summed E-state index contributed by atoms with van der Waals surface area (Å²) in [5.74, 6) is 0.333. The van der Waals surface area contributed by atoms with Gasteiger partial charge in [0.05, 0.1) is 0 Å². The second-order valence-electron chi connectivity index (χ2n) is 4.23. The fourth-order valence-corrected chi connectivity index (χ4v) is 1.53. The molecule has 0 spiro atoms. The van der Waals surface area contributed by atoms with Crippen LogP contribution in [0.3, 0.4) is 0 Å². The number of hydrogen-bond donors (Lipinski definition) is 1. The Morgan fingerprint density at radius 2 is 2.06 bits per heavy atom. The van der Waals surface area contributed by atoms with Gasteiger partial charge in [-0.2, -0.15) is 0 Å². The number of ether oxygens (including phenoxy) is 1. The quantitative estimate of drug-likeness (QED) is 0.466. The summed E-state index contributed by atoms with van der Waals surface area (Å²) in [5, 5.41) is 9.47. The second kappa shape index (κ2) is 6.94. The minimum Gasteiger partial charge on any atom is -0.508 e. The molecule has 0 aliphatic carbocycles. The van der Waals surface area contributed by atoms with Crippen molar-refractivity contribution < 1.29 is 14.6 Å². The first kappa shape index (κ1) is 13.6. The summed E-state index contributed by atoms with van der Waals surface area (Å²) in [6.45, 7) is 3.93. The number of phenols is 1. The van der Waals surface area contributed by atoms with Gasteiger partial charge in [-0.05, 0) is 25.0 Å². The van der Waals surface area contributed by atoms with E-state index in [1.165, 1.54) is 6.07 Å². The van der Waals surface area contributed by atoms with Gasteiger partial charge in [-0.1, -0.05) is 32.3 Å². The van der Waals surface area contributed by atoms with E-state index in [-0.39, 0.29) is 11.7 Å². The summed E-state index contributed by atoms with van der Waals surface area (Å²) in [4.78, 5) is 11.5. The molecule has 0 saturated heterocycles. The monoisotopic (exact) mass is 236 g/mol. The van der Waals surface area contributed by atoms with Crippen LogP contribution < -0.4 is 4.74 Å². The lowest BCUT2D eigenvalue weighted by molar-refractivity contribution is -0.134. The summed E-state index contributed by atoms with van der Waals surface area (Å²) >= 11 is 0. The summed E-state index contributed by atoms with van der Waals surface area (Å²) < 4.78 is 5.13. The lowest BCUT2D eigenvalue weighted by Crippen LogP contribution is -2.07. The molecule has 1 aromatic carbocycles. The van der Waals surface area contributed by atoms with Crippen molar-refractivity contribution in [3.05, 3.63) is 23.8 Å².